The highest BCUT2D eigenvalue weighted by atomic mass is 16.4. The van der Waals surface area contributed by atoms with Crippen LogP contribution in [0.2, 0.25) is 0 Å². The van der Waals surface area contributed by atoms with Crippen LogP contribution in [0.3, 0.4) is 0 Å². The van der Waals surface area contributed by atoms with Gasteiger partial charge in [-0.2, -0.15) is 0 Å². The number of carboxylic acids is 1. The van der Waals surface area contributed by atoms with Gasteiger partial charge in [0.25, 0.3) is 0 Å². The predicted molar refractivity (Wildman–Crippen MR) is 80.9 cm³/mol. The summed E-state index contributed by atoms with van der Waals surface area (Å²) < 4.78 is 0. The van der Waals surface area contributed by atoms with Crippen LogP contribution < -0.4 is 21.5 Å². The van der Waals surface area contributed by atoms with Gasteiger partial charge in [0.1, 0.15) is 5.78 Å². The van der Waals surface area contributed by atoms with Crippen molar-refractivity contribution in [1.29, 1.82) is 0 Å². The van der Waals surface area contributed by atoms with Gasteiger partial charge in [-0.15, -0.1) is 0 Å². The summed E-state index contributed by atoms with van der Waals surface area (Å²) in [5.41, 5.74) is 5.45. The Hall–Kier alpha value is -2.00. The number of hydrogen-bond donors (Lipinski definition) is 5. The van der Waals surface area contributed by atoms with Crippen molar-refractivity contribution in [2.45, 2.75) is 33.1 Å². The number of hydrogen-bond acceptors (Lipinski definition) is 6. The molecule has 9 heteroatoms. The van der Waals surface area contributed by atoms with E-state index in [2.05, 4.69) is 21.5 Å². The lowest BCUT2D eigenvalue weighted by Crippen LogP contribution is -2.39. The average Bonchev–Trinajstić information content (AvgIpc) is 2.45. The fourth-order valence-corrected chi connectivity index (χ4v) is 1.01. The second-order valence-electron chi connectivity index (χ2n) is 4.25. The molecule has 0 bridgehead atoms. The maximum Gasteiger partial charge on any atom is 0.303 e. The number of rotatable bonds is 10. The molecule has 0 aromatic rings. The molecule has 0 atom stereocenters. The van der Waals surface area contributed by atoms with Gasteiger partial charge in [-0.3, -0.25) is 30.0 Å². The highest BCUT2D eigenvalue weighted by Crippen LogP contribution is 1.79. The Bertz CT molecular complexity index is 360. The molecular weight excluding hydrogens is 292 g/mol. The van der Waals surface area contributed by atoms with Gasteiger partial charge in [0.2, 0.25) is 11.8 Å². The molecular formula is C13H26N4O5. The Morgan fingerprint density at radius 1 is 0.955 bits per heavy atom. The number of nitrogens with one attached hydrogen (secondary N) is 4. The van der Waals surface area contributed by atoms with E-state index >= 15 is 0 Å². The third-order valence-electron chi connectivity index (χ3n) is 2.20. The number of carboxylic acid groups (broad SMARTS) is 1. The lowest BCUT2D eigenvalue weighted by Gasteiger charge is -2.06. The van der Waals surface area contributed by atoms with E-state index in [9.17, 15) is 19.2 Å². The third-order valence-corrected chi connectivity index (χ3v) is 2.20. The topological polar surface area (TPSA) is 137 Å². The van der Waals surface area contributed by atoms with Crippen molar-refractivity contribution >= 4 is 23.6 Å². The zero-order valence-electron chi connectivity index (χ0n) is 13.3. The molecule has 128 valence electrons. The smallest absolute Gasteiger partial charge is 0.303 e. The van der Waals surface area contributed by atoms with Gasteiger partial charge in [0, 0.05) is 32.4 Å². The van der Waals surface area contributed by atoms with E-state index in [0.29, 0.717) is 25.9 Å². The first-order valence-corrected chi connectivity index (χ1v) is 6.97. The quantitative estimate of drug-likeness (QED) is 0.252. The highest BCUT2D eigenvalue weighted by molar-refractivity contribution is 5.85. The Morgan fingerprint density at radius 2 is 1.55 bits per heavy atom. The van der Waals surface area contributed by atoms with Crippen LogP contribution in [0.1, 0.15) is 33.1 Å². The first kappa shape index (κ1) is 22.3. The van der Waals surface area contributed by atoms with Crippen molar-refractivity contribution in [3.8, 4) is 0 Å². The first-order chi connectivity index (χ1) is 10.3. The molecule has 0 unspecified atom stereocenters. The normalized spacial score (nSPS) is 9.23. The Morgan fingerprint density at radius 3 is 2.00 bits per heavy atom. The minimum Gasteiger partial charge on any atom is -0.481 e. The van der Waals surface area contributed by atoms with E-state index in [-0.39, 0.29) is 30.6 Å². The second-order valence-corrected chi connectivity index (χ2v) is 4.25. The van der Waals surface area contributed by atoms with E-state index in [4.69, 9.17) is 5.11 Å². The van der Waals surface area contributed by atoms with Crippen LogP contribution in [-0.4, -0.2) is 55.4 Å². The minimum absolute atomic E-state index is 0.0208. The minimum atomic E-state index is -0.745. The molecule has 0 aliphatic rings. The summed E-state index contributed by atoms with van der Waals surface area (Å²) in [5.74, 6) is -1.21. The molecule has 0 heterocycles. The number of amides is 2. The second kappa shape index (κ2) is 15.4. The van der Waals surface area contributed by atoms with Crippen molar-refractivity contribution in [2.75, 3.05) is 26.7 Å². The van der Waals surface area contributed by atoms with Gasteiger partial charge in [0.05, 0.1) is 6.54 Å². The fraction of sp³-hybridized carbons (Fsp3) is 0.692. The number of hydrazine groups is 1. The van der Waals surface area contributed by atoms with Crippen molar-refractivity contribution in [3.63, 3.8) is 0 Å². The van der Waals surface area contributed by atoms with Crippen LogP contribution in [0.15, 0.2) is 0 Å². The van der Waals surface area contributed by atoms with Crippen molar-refractivity contribution in [2.24, 2.45) is 0 Å². The van der Waals surface area contributed by atoms with Crippen molar-refractivity contribution in [1.82, 2.24) is 21.5 Å². The molecule has 0 saturated heterocycles. The Kier molecular flexibility index (Phi) is 15.6. The van der Waals surface area contributed by atoms with Crippen molar-refractivity contribution in [3.05, 3.63) is 0 Å². The Labute approximate surface area is 130 Å². The predicted octanol–water partition coefficient (Wildman–Crippen LogP) is -1.21. The van der Waals surface area contributed by atoms with Gasteiger partial charge >= 0.3 is 5.97 Å². The molecule has 0 aliphatic heterocycles. The number of Topliss-reactive ketones (excluding diaryl/α,β-unsaturated/α-hetero) is 1. The summed E-state index contributed by atoms with van der Waals surface area (Å²) in [6.45, 7) is 3.81. The van der Waals surface area contributed by atoms with Crippen LogP contribution in [0, 0.1) is 0 Å². The molecule has 0 saturated carbocycles. The molecule has 0 aromatic carbocycles. The molecule has 22 heavy (non-hydrogen) atoms. The maximum atomic E-state index is 11.2. The van der Waals surface area contributed by atoms with E-state index in [0.717, 1.165) is 0 Å². The molecule has 0 rings (SSSR count). The average molecular weight is 318 g/mol. The van der Waals surface area contributed by atoms with Gasteiger partial charge in [-0.05, 0) is 14.0 Å². The SMILES string of the molecule is CCC(=O)O.CNNCCC(=O)NCC(=O)NCCC(C)=O. The van der Waals surface area contributed by atoms with Crippen LogP contribution in [0.25, 0.3) is 0 Å². The van der Waals surface area contributed by atoms with Gasteiger partial charge in [0.15, 0.2) is 0 Å². The molecule has 0 spiro atoms. The lowest BCUT2D eigenvalue weighted by atomic mass is 10.3. The molecule has 2 amide bonds. The number of aliphatic carboxylic acids is 1. The van der Waals surface area contributed by atoms with E-state index < -0.39 is 5.97 Å². The third kappa shape index (κ3) is 20.3. The van der Waals surface area contributed by atoms with Crippen molar-refractivity contribution < 1.29 is 24.3 Å². The summed E-state index contributed by atoms with van der Waals surface area (Å²) in [5, 5.41) is 12.7. The van der Waals surface area contributed by atoms with E-state index in [1.165, 1.54) is 6.92 Å². The molecule has 9 nitrogen and oxygen atoms in total. The van der Waals surface area contributed by atoms with Gasteiger partial charge in [-0.25, -0.2) is 0 Å². The van der Waals surface area contributed by atoms with Gasteiger partial charge < -0.3 is 15.7 Å². The first-order valence-electron chi connectivity index (χ1n) is 6.97. The molecule has 0 radical (unpaired) electrons. The summed E-state index contributed by atoms with van der Waals surface area (Å²) in [4.78, 5) is 42.4. The van der Waals surface area contributed by atoms with Crippen LogP contribution >= 0.6 is 0 Å². The van der Waals surface area contributed by atoms with Crippen LogP contribution in [-0.2, 0) is 19.2 Å². The van der Waals surface area contributed by atoms with Gasteiger partial charge in [-0.1, -0.05) is 6.92 Å². The molecule has 0 aromatic heterocycles. The summed E-state index contributed by atoms with van der Waals surface area (Å²) >= 11 is 0. The zero-order chi connectivity index (χ0) is 17.4. The number of carbonyl (C=O) groups excluding carboxylic acids is 3. The van der Waals surface area contributed by atoms with E-state index in [1.807, 2.05) is 0 Å². The van der Waals surface area contributed by atoms with Crippen LogP contribution in [0.5, 0.6) is 0 Å². The Balaban J connectivity index is 0. The fourth-order valence-electron chi connectivity index (χ4n) is 1.01. The molecule has 5 N–H and O–H groups in total. The largest absolute Gasteiger partial charge is 0.481 e. The molecule has 0 aliphatic carbocycles. The monoisotopic (exact) mass is 318 g/mol. The summed E-state index contributed by atoms with van der Waals surface area (Å²) in [6.07, 6.45) is 0.827. The number of carbonyl (C=O) groups is 4. The molecule has 0 fully saturated rings. The zero-order valence-corrected chi connectivity index (χ0v) is 13.3. The summed E-state index contributed by atoms with van der Waals surface area (Å²) in [6, 6.07) is 0. The summed E-state index contributed by atoms with van der Waals surface area (Å²) in [7, 11) is 1.71. The number of ketones is 1. The standard InChI is InChI=1S/C10H20N4O3.C3H6O2/c1-8(15)3-5-12-10(17)7-13-9(16)4-6-14-11-2;1-2-3(4)5/h11,14H,3-7H2,1-2H3,(H,12,17)(H,13,16);2H2,1H3,(H,4,5). The highest BCUT2D eigenvalue weighted by Gasteiger charge is 2.04. The lowest BCUT2D eigenvalue weighted by molar-refractivity contribution is -0.136. The van der Waals surface area contributed by atoms with E-state index in [1.54, 1.807) is 14.0 Å². The maximum absolute atomic E-state index is 11.2. The van der Waals surface area contributed by atoms with Crippen LogP contribution in [0.4, 0.5) is 0 Å².